The first-order chi connectivity index (χ1) is 12.0. The minimum Gasteiger partial charge on any atom is -0.444 e. The molecule has 2 atom stereocenters. The number of carbonyl (C=O) groups is 1. The number of anilines is 1. The zero-order valence-electron chi connectivity index (χ0n) is 14.8. The number of rotatable bonds is 5. The molecular weight excluding hydrogens is 344 g/mol. The maximum absolute atomic E-state index is 14.7. The number of cyclic esters (lactones) is 1. The lowest BCUT2D eigenvalue weighted by atomic mass is 9.92. The minimum absolute atomic E-state index is 0.0735. The molecule has 1 aromatic carbocycles. The Morgan fingerprint density at radius 1 is 1.24 bits per heavy atom. The second-order valence-electron chi connectivity index (χ2n) is 6.88. The molecule has 25 heavy (non-hydrogen) atoms. The predicted octanol–water partition coefficient (Wildman–Crippen LogP) is 5.48. The van der Waals surface area contributed by atoms with Gasteiger partial charge in [0.25, 0.3) is 0 Å². The Morgan fingerprint density at radius 3 is 2.48 bits per heavy atom. The fraction of sp³-hybridized carbons (Fsp3) is 0.632. The standard InChI is InChI=1S/C19H25F2NO2S/c1-3-4-5-17-12(2)24-19(23)22(17)14-10-15(20)18(16(21)11-14)13-6-8-25-9-7-13/h10-13,17H,3-9H2,1-2H3/t12-,17?/m1/s1. The van der Waals surface area contributed by atoms with E-state index in [2.05, 4.69) is 6.92 Å². The molecule has 1 aromatic rings. The van der Waals surface area contributed by atoms with Gasteiger partial charge in [-0.1, -0.05) is 19.8 Å². The number of ether oxygens (including phenoxy) is 1. The molecule has 3 rings (SSSR count). The third-order valence-corrected chi connectivity index (χ3v) is 6.23. The molecule has 2 fully saturated rings. The fourth-order valence-corrected chi connectivity index (χ4v) is 4.91. The lowest BCUT2D eigenvalue weighted by Crippen LogP contribution is -2.36. The van der Waals surface area contributed by atoms with Gasteiger partial charge in [0.15, 0.2) is 0 Å². The number of nitrogens with zero attached hydrogens (tertiary/aromatic N) is 1. The largest absolute Gasteiger partial charge is 0.444 e. The summed E-state index contributed by atoms with van der Waals surface area (Å²) in [6, 6.07) is 2.43. The van der Waals surface area contributed by atoms with E-state index in [0.29, 0.717) is 0 Å². The predicted molar refractivity (Wildman–Crippen MR) is 97.4 cm³/mol. The van der Waals surface area contributed by atoms with Gasteiger partial charge < -0.3 is 4.74 Å². The van der Waals surface area contributed by atoms with E-state index in [1.807, 2.05) is 18.7 Å². The van der Waals surface area contributed by atoms with Gasteiger partial charge in [-0.3, -0.25) is 4.90 Å². The Morgan fingerprint density at radius 2 is 1.88 bits per heavy atom. The Balaban J connectivity index is 1.90. The summed E-state index contributed by atoms with van der Waals surface area (Å²) in [5.74, 6) is 0.693. The van der Waals surface area contributed by atoms with E-state index < -0.39 is 17.7 Å². The Kier molecular flexibility index (Phi) is 5.87. The summed E-state index contributed by atoms with van der Waals surface area (Å²) < 4.78 is 34.8. The number of benzene rings is 1. The summed E-state index contributed by atoms with van der Waals surface area (Å²) in [6.07, 6.45) is 3.47. The summed E-state index contributed by atoms with van der Waals surface area (Å²) in [5.41, 5.74) is 0.439. The van der Waals surface area contributed by atoms with E-state index in [-0.39, 0.29) is 29.3 Å². The van der Waals surface area contributed by atoms with Crippen LogP contribution in [0.3, 0.4) is 0 Å². The molecule has 0 aliphatic carbocycles. The van der Waals surface area contributed by atoms with Crippen molar-refractivity contribution < 1.29 is 18.3 Å². The molecule has 1 amide bonds. The van der Waals surface area contributed by atoms with E-state index >= 15 is 0 Å². The topological polar surface area (TPSA) is 29.5 Å². The lowest BCUT2D eigenvalue weighted by molar-refractivity contribution is 0.140. The number of halogens is 2. The molecule has 0 radical (unpaired) electrons. The highest BCUT2D eigenvalue weighted by Gasteiger charge is 2.40. The van der Waals surface area contributed by atoms with E-state index in [9.17, 15) is 13.6 Å². The Hall–Kier alpha value is -1.30. The maximum atomic E-state index is 14.7. The Bertz CT molecular complexity index is 611. The molecule has 2 aliphatic heterocycles. The van der Waals surface area contributed by atoms with Crippen LogP contribution in [0.5, 0.6) is 0 Å². The zero-order chi connectivity index (χ0) is 18.0. The molecule has 0 saturated carbocycles. The molecule has 138 valence electrons. The summed E-state index contributed by atoms with van der Waals surface area (Å²) >= 11 is 1.82. The number of thioether (sulfide) groups is 1. The van der Waals surface area contributed by atoms with Crippen LogP contribution in [-0.4, -0.2) is 29.7 Å². The highest BCUT2D eigenvalue weighted by molar-refractivity contribution is 7.99. The molecule has 0 aromatic heterocycles. The number of hydrogen-bond donors (Lipinski definition) is 0. The second kappa shape index (κ2) is 7.94. The van der Waals surface area contributed by atoms with Gasteiger partial charge in [0.05, 0.1) is 11.7 Å². The van der Waals surface area contributed by atoms with E-state index in [0.717, 1.165) is 43.6 Å². The van der Waals surface area contributed by atoms with Gasteiger partial charge in [-0.05, 0) is 55.7 Å². The van der Waals surface area contributed by atoms with Crippen molar-refractivity contribution >= 4 is 23.5 Å². The van der Waals surface area contributed by atoms with Crippen molar-refractivity contribution in [2.75, 3.05) is 16.4 Å². The van der Waals surface area contributed by atoms with E-state index in [4.69, 9.17) is 4.74 Å². The van der Waals surface area contributed by atoms with Gasteiger partial charge in [-0.2, -0.15) is 11.8 Å². The van der Waals surface area contributed by atoms with Crippen LogP contribution in [0, 0.1) is 11.6 Å². The summed E-state index contributed by atoms with van der Waals surface area (Å²) in [5, 5.41) is 0. The van der Waals surface area contributed by atoms with E-state index in [1.165, 1.54) is 17.0 Å². The zero-order valence-corrected chi connectivity index (χ0v) is 15.6. The molecule has 6 heteroatoms. The number of unbranched alkanes of at least 4 members (excludes halogenated alkanes) is 1. The number of hydrogen-bond acceptors (Lipinski definition) is 3. The van der Waals surface area contributed by atoms with Crippen molar-refractivity contribution in [2.24, 2.45) is 0 Å². The minimum atomic E-state index is -0.548. The SMILES string of the molecule is CCCCC1[C@@H](C)OC(=O)N1c1cc(F)c(C2CCSCC2)c(F)c1. The third kappa shape index (κ3) is 3.78. The van der Waals surface area contributed by atoms with Crippen molar-refractivity contribution in [3.8, 4) is 0 Å². The molecule has 0 bridgehead atoms. The van der Waals surface area contributed by atoms with Crippen molar-refractivity contribution in [3.05, 3.63) is 29.3 Å². The van der Waals surface area contributed by atoms with Crippen LogP contribution in [0.2, 0.25) is 0 Å². The summed E-state index contributed by atoms with van der Waals surface area (Å²) in [4.78, 5) is 13.6. The van der Waals surface area contributed by atoms with E-state index in [1.54, 1.807) is 0 Å². The normalized spacial score (nSPS) is 24.6. The van der Waals surface area contributed by atoms with Crippen LogP contribution in [0.25, 0.3) is 0 Å². The maximum Gasteiger partial charge on any atom is 0.415 e. The number of carbonyl (C=O) groups excluding carboxylic acids is 1. The van der Waals surface area contributed by atoms with Crippen LogP contribution >= 0.6 is 11.8 Å². The summed E-state index contributed by atoms with van der Waals surface area (Å²) in [6.45, 7) is 3.90. The Labute approximate surface area is 152 Å². The fourth-order valence-electron chi connectivity index (χ4n) is 3.80. The lowest BCUT2D eigenvalue weighted by Gasteiger charge is -2.26. The molecule has 2 aliphatic rings. The second-order valence-corrected chi connectivity index (χ2v) is 8.10. The van der Waals surface area contributed by atoms with Gasteiger partial charge in [0.2, 0.25) is 0 Å². The van der Waals surface area contributed by atoms with Gasteiger partial charge in [0.1, 0.15) is 17.7 Å². The molecule has 0 spiro atoms. The molecule has 1 unspecified atom stereocenters. The van der Waals surface area contributed by atoms with Gasteiger partial charge in [0, 0.05) is 5.56 Å². The smallest absolute Gasteiger partial charge is 0.415 e. The number of amides is 1. The highest BCUT2D eigenvalue weighted by Crippen LogP contribution is 2.38. The molecule has 0 N–H and O–H groups in total. The van der Waals surface area contributed by atoms with Crippen LogP contribution in [-0.2, 0) is 4.74 Å². The van der Waals surface area contributed by atoms with Crippen molar-refractivity contribution in [1.29, 1.82) is 0 Å². The third-order valence-electron chi connectivity index (χ3n) is 5.18. The van der Waals surface area contributed by atoms with Crippen LogP contribution in [0.1, 0.15) is 57.4 Å². The van der Waals surface area contributed by atoms with Gasteiger partial charge >= 0.3 is 6.09 Å². The van der Waals surface area contributed by atoms with Crippen molar-refractivity contribution in [3.63, 3.8) is 0 Å². The first-order valence-corrected chi connectivity index (χ1v) is 10.2. The molecule has 2 saturated heterocycles. The average Bonchev–Trinajstić information content (AvgIpc) is 2.86. The van der Waals surface area contributed by atoms with Crippen LogP contribution in [0.15, 0.2) is 12.1 Å². The summed E-state index contributed by atoms with van der Waals surface area (Å²) in [7, 11) is 0. The molecular formula is C19H25F2NO2S. The van der Waals surface area contributed by atoms with Crippen LogP contribution in [0.4, 0.5) is 19.3 Å². The average molecular weight is 369 g/mol. The van der Waals surface area contributed by atoms with Gasteiger partial charge in [-0.15, -0.1) is 0 Å². The van der Waals surface area contributed by atoms with Gasteiger partial charge in [-0.25, -0.2) is 13.6 Å². The molecule has 2 heterocycles. The first-order valence-electron chi connectivity index (χ1n) is 9.09. The molecule has 3 nitrogen and oxygen atoms in total. The first kappa shape index (κ1) is 18.5. The van der Waals surface area contributed by atoms with Crippen molar-refractivity contribution in [1.82, 2.24) is 0 Å². The monoisotopic (exact) mass is 369 g/mol. The highest BCUT2D eigenvalue weighted by atomic mass is 32.2. The van der Waals surface area contributed by atoms with Crippen LogP contribution < -0.4 is 4.90 Å². The van der Waals surface area contributed by atoms with Crippen molar-refractivity contribution in [2.45, 2.75) is 64.0 Å². The quantitative estimate of drug-likeness (QED) is 0.688.